The van der Waals surface area contributed by atoms with Crippen LogP contribution in [0.25, 0.3) is 89.2 Å². The van der Waals surface area contributed by atoms with E-state index in [9.17, 15) is 82.4 Å². The highest BCUT2D eigenvalue weighted by Crippen LogP contribution is 2.54. The molecule has 710 valence electrons. The number of carbonyl (C=O) groups is 4. The van der Waals surface area contributed by atoms with Gasteiger partial charge in [-0.2, -0.15) is 33.6 Å². The lowest BCUT2D eigenvalue weighted by atomic mass is 9.63. The van der Waals surface area contributed by atoms with Crippen molar-refractivity contribution in [3.05, 3.63) is 168 Å². The summed E-state index contributed by atoms with van der Waals surface area (Å²) in [6, 6.07) is 33.4. The SMILES string of the molecule is CC(F)Oc1cccc(-c2nn(C(C)C)c3cc(C(=O)CC(CO)C(F)(F)F)cnc23)c1.CC(F)Oc1cccc(-c2nn(C(C)C)c3cc(C(=O)CC4(CO)CC(F)(F)C4)cnc23)c1.CC(F)Oc1cccc(-c2nn(C(C)C)c3cc(C(=O)C[C@@]4([C@H](C)O)CCOC4)cnc23)c1.CC(F)Oc1cccc(-c2nn([C@@H]3COC[C@H]3O)c3cc(C(=O)CC4(C)CS(=O)(=O)C4)cnc23)c1. The van der Waals surface area contributed by atoms with E-state index in [4.69, 9.17) is 43.7 Å². The Morgan fingerprint density at radius 2 is 0.865 bits per heavy atom. The number of pyridine rings is 4. The highest BCUT2D eigenvalue weighted by Gasteiger charge is 2.57. The lowest BCUT2D eigenvalue weighted by molar-refractivity contribution is -0.182. The van der Waals surface area contributed by atoms with Crippen molar-refractivity contribution >= 4 is 77.1 Å². The van der Waals surface area contributed by atoms with Gasteiger partial charge in [0, 0.05) is 183 Å². The fraction of sp³-hybridized carbons (Fsp3) is 0.453. The summed E-state index contributed by atoms with van der Waals surface area (Å²) in [7, 11) is -3.07. The highest BCUT2D eigenvalue weighted by molar-refractivity contribution is 7.92. The summed E-state index contributed by atoms with van der Waals surface area (Å²) in [5.74, 6) is -5.01. The molecular formula is C95H105F9N12O16S. The van der Waals surface area contributed by atoms with Crippen LogP contribution in [0.3, 0.4) is 0 Å². The van der Waals surface area contributed by atoms with Crippen molar-refractivity contribution in [2.24, 2.45) is 22.2 Å². The highest BCUT2D eigenvalue weighted by atomic mass is 32.2. The molecule has 5 unspecified atom stereocenters. The molecule has 38 heteroatoms. The first kappa shape index (κ1) is 98.8. The lowest BCUT2D eigenvalue weighted by Gasteiger charge is -2.45. The molecule has 0 bridgehead atoms. The number of ketones is 4. The van der Waals surface area contributed by atoms with Gasteiger partial charge in [-0.15, -0.1) is 0 Å². The maximum atomic E-state index is 13.4. The summed E-state index contributed by atoms with van der Waals surface area (Å²) >= 11 is 0. The van der Waals surface area contributed by atoms with Crippen LogP contribution in [-0.2, 0) is 19.3 Å². The standard InChI is InChI=1S/C25H30FN3O4.C24H26F3N3O3.C24H26FN3O6S.C22H23F4N3O3/c1-15(2)29-21-11-19(22(31)12-25(16(3)30)8-9-32-14-25)13-27-24(21)23(28-29)18-6-5-7-20(10-18)33-17(4)26;1-14(2)30-19-8-17(20(32)9-23(13-31)11-24(26,27)12-23)10-28-22(19)21(29-30)16-5-4-6-18(7-16)33-15(3)25;1-14(25)34-17-5-3-4-15(6-17)22-23-18(28(27-22)19-10-33-11-21(19)30)7-16(9-26-23)20(29)8-24(2)12-35(31,32)13-24;1-12(2)29-18-8-15(19(31)9-16(11-30)22(24,25)26)10-27-21(18)20(28-29)14-5-4-6-17(7-14)32-13(3)23/h5-7,10-11,13,15-17,30H,8-9,12,14H2,1-4H3;4-8,10,14-15,31H,9,11-13H2,1-3H3;3-7,9,14,19,21,30H,8,10-13H2,1-2H3;4-8,10,12-13,16,30H,9,11H2,1-3H3/t16-,17?,25-;;14?,19-,21-;/m0.1./s1. The second-order valence-corrected chi connectivity index (χ2v) is 37.7. The number of hydrogen-bond donors (Lipinski definition) is 4. The number of nitrogens with zero attached hydrogens (tertiary/aromatic N) is 12. The maximum Gasteiger partial charge on any atom is 0.394 e. The molecule has 4 aliphatic rings. The quantitative estimate of drug-likeness (QED) is 0.0232. The van der Waals surface area contributed by atoms with Crippen molar-refractivity contribution < 1.29 is 116 Å². The molecule has 0 radical (unpaired) electrons. The minimum absolute atomic E-state index is 0.00288. The predicted molar refractivity (Wildman–Crippen MR) is 476 cm³/mol. The molecule has 3 aliphatic heterocycles. The number of aliphatic hydroxyl groups excluding tert-OH is 4. The van der Waals surface area contributed by atoms with Crippen molar-refractivity contribution in [3.8, 4) is 68.0 Å². The van der Waals surface area contributed by atoms with E-state index in [0.29, 0.717) is 132 Å². The molecule has 9 atom stereocenters. The second-order valence-electron chi connectivity index (χ2n) is 35.6. The van der Waals surface area contributed by atoms with Crippen molar-refractivity contribution in [1.82, 2.24) is 59.1 Å². The second kappa shape index (κ2) is 40.2. The van der Waals surface area contributed by atoms with E-state index >= 15 is 0 Å². The van der Waals surface area contributed by atoms with E-state index in [1.54, 1.807) is 131 Å². The summed E-state index contributed by atoms with van der Waals surface area (Å²) < 4.78 is 180. The van der Waals surface area contributed by atoms with Gasteiger partial charge in [-0.3, -0.25) is 57.8 Å². The topological polar surface area (TPSA) is 362 Å². The van der Waals surface area contributed by atoms with Gasteiger partial charge in [-0.05, 0) is 128 Å². The molecule has 16 rings (SSSR count). The van der Waals surface area contributed by atoms with Crippen LogP contribution in [0.15, 0.2) is 146 Å². The Bertz CT molecular complexity index is 6350. The van der Waals surface area contributed by atoms with E-state index in [2.05, 4.69) is 30.1 Å². The third-order valence-corrected chi connectivity index (χ3v) is 25.7. The van der Waals surface area contributed by atoms with Gasteiger partial charge in [0.05, 0.1) is 72.0 Å². The first-order valence-corrected chi connectivity index (χ1v) is 45.3. The third-order valence-electron chi connectivity index (χ3n) is 23.4. The van der Waals surface area contributed by atoms with Crippen LogP contribution in [0, 0.1) is 22.2 Å². The molecule has 28 nitrogen and oxygen atoms in total. The van der Waals surface area contributed by atoms with E-state index in [1.807, 2.05) is 64.4 Å². The van der Waals surface area contributed by atoms with Crippen molar-refractivity contribution in [1.29, 1.82) is 0 Å². The summed E-state index contributed by atoms with van der Waals surface area (Å²) in [5, 5.41) is 58.1. The molecule has 4 aromatic carbocycles. The molecule has 4 N–H and O–H groups in total. The number of alkyl halides is 9. The fourth-order valence-corrected chi connectivity index (χ4v) is 19.2. The maximum absolute atomic E-state index is 13.4. The summed E-state index contributed by atoms with van der Waals surface area (Å²) in [6.45, 7) is 20.0. The zero-order valence-electron chi connectivity index (χ0n) is 75.2. The average Bonchev–Trinajstić information content (AvgIpc) is 1.73. The number of benzene rings is 4. The average molecular weight is 1870 g/mol. The number of halogens is 9. The molecule has 1 saturated carbocycles. The molecule has 3 saturated heterocycles. The molecular weight excluding hydrogens is 1770 g/mol. The minimum Gasteiger partial charge on any atom is -0.461 e. The van der Waals surface area contributed by atoms with Crippen LogP contribution in [0.5, 0.6) is 23.0 Å². The Labute approximate surface area is 760 Å². The number of fused-ring (bicyclic) bond motifs is 4. The molecule has 8 aromatic heterocycles. The molecule has 4 fully saturated rings. The van der Waals surface area contributed by atoms with Crippen molar-refractivity contribution in [2.75, 3.05) is 51.1 Å². The number of sulfone groups is 1. The Hall–Kier alpha value is -11.7. The zero-order valence-corrected chi connectivity index (χ0v) is 76.0. The Balaban J connectivity index is 0.000000151. The van der Waals surface area contributed by atoms with Crippen LogP contribution < -0.4 is 18.9 Å². The van der Waals surface area contributed by atoms with Crippen LogP contribution in [0.2, 0.25) is 0 Å². The molecule has 0 spiro atoms. The number of ether oxygens (including phenoxy) is 6. The monoisotopic (exact) mass is 1870 g/mol. The predicted octanol–water partition coefficient (Wildman–Crippen LogP) is 17.9. The Kier molecular flexibility index (Phi) is 29.9. The number of aromatic nitrogens is 12. The lowest BCUT2D eigenvalue weighted by Crippen LogP contribution is -2.49. The zero-order chi connectivity index (χ0) is 96.3. The normalized spacial score (nSPS) is 19.0. The van der Waals surface area contributed by atoms with E-state index in [0.717, 1.165) is 11.1 Å². The number of rotatable bonds is 31. The van der Waals surface area contributed by atoms with Crippen molar-refractivity contribution in [3.63, 3.8) is 0 Å². The Morgan fingerprint density at radius 1 is 0.504 bits per heavy atom. The van der Waals surface area contributed by atoms with E-state index in [1.165, 1.54) is 52.4 Å². The third kappa shape index (κ3) is 22.9. The molecule has 0 amide bonds. The number of hydrogen-bond acceptors (Lipinski definition) is 24. The largest absolute Gasteiger partial charge is 0.461 e. The van der Waals surface area contributed by atoms with Gasteiger partial charge in [0.2, 0.25) is 31.4 Å². The number of Topliss-reactive ketones (excluding diaryl/α,β-unsaturated/α-hetero) is 4. The smallest absolute Gasteiger partial charge is 0.394 e. The fourth-order valence-electron chi connectivity index (χ4n) is 17.0. The van der Waals surface area contributed by atoms with Crippen LogP contribution >= 0.6 is 0 Å². The summed E-state index contributed by atoms with van der Waals surface area (Å²) in [4.78, 5) is 69.5. The Morgan fingerprint density at radius 3 is 1.18 bits per heavy atom. The van der Waals surface area contributed by atoms with Crippen LogP contribution in [0.1, 0.15) is 194 Å². The molecule has 12 aromatic rings. The first-order valence-electron chi connectivity index (χ1n) is 43.5. The van der Waals surface area contributed by atoms with Gasteiger partial charge in [-0.25, -0.2) is 34.8 Å². The van der Waals surface area contributed by atoms with Crippen molar-refractivity contribution in [2.45, 2.75) is 202 Å². The summed E-state index contributed by atoms with van der Waals surface area (Å²) in [6.07, 6.45) is -7.45. The van der Waals surface area contributed by atoms with Crippen LogP contribution in [-0.4, -0.2) is 212 Å². The van der Waals surface area contributed by atoms with Gasteiger partial charge in [-0.1, -0.05) is 55.5 Å². The molecule has 1 aliphatic carbocycles. The minimum atomic E-state index is -4.68. The van der Waals surface area contributed by atoms with Crippen LogP contribution in [0.4, 0.5) is 39.5 Å². The number of aliphatic hydroxyl groups is 4. The summed E-state index contributed by atoms with van der Waals surface area (Å²) in [5.41, 5.74) is 8.20. The van der Waals surface area contributed by atoms with Gasteiger partial charge in [0.15, 0.2) is 33.0 Å². The van der Waals surface area contributed by atoms with Gasteiger partial charge < -0.3 is 48.8 Å². The molecule has 133 heavy (non-hydrogen) atoms. The van der Waals surface area contributed by atoms with Gasteiger partial charge in [0.1, 0.15) is 80.0 Å². The first-order chi connectivity index (χ1) is 62.8. The van der Waals surface area contributed by atoms with E-state index in [-0.39, 0.29) is 90.6 Å². The van der Waals surface area contributed by atoms with E-state index < -0.39 is 126 Å². The number of carbonyl (C=O) groups excluding carboxylic acids is 4. The molecule has 11 heterocycles. The van der Waals surface area contributed by atoms with Gasteiger partial charge in [0.25, 0.3) is 0 Å². The van der Waals surface area contributed by atoms with Gasteiger partial charge >= 0.3 is 6.18 Å².